The van der Waals surface area contributed by atoms with E-state index < -0.39 is 0 Å². The second kappa shape index (κ2) is 4.13. The molecule has 4 N–H and O–H groups in total. The zero-order valence-corrected chi connectivity index (χ0v) is 11.0. The third-order valence-electron chi connectivity index (χ3n) is 2.95. The van der Waals surface area contributed by atoms with Crippen LogP contribution in [0.4, 0.5) is 11.6 Å². The number of H-pyrrole nitrogens is 1. The number of anilines is 2. The Balaban J connectivity index is 2.05. The molecule has 0 radical (unpaired) electrons. The zero-order valence-electron chi connectivity index (χ0n) is 9.46. The molecular weight excluding hydrogens is 296 g/mol. The number of nitrogen functional groups attached to an aromatic ring is 1. The fourth-order valence-corrected chi connectivity index (χ4v) is 2.61. The number of hydrogen-bond acceptors (Lipinski definition) is 3. The first-order chi connectivity index (χ1) is 8.63. The summed E-state index contributed by atoms with van der Waals surface area (Å²) in [4.78, 5) is 18.4. The molecule has 2 heterocycles. The van der Waals surface area contributed by atoms with Gasteiger partial charge in [0.25, 0.3) is 0 Å². The van der Waals surface area contributed by atoms with Gasteiger partial charge >= 0.3 is 0 Å². The molecule has 0 aliphatic carbocycles. The summed E-state index contributed by atoms with van der Waals surface area (Å²) in [5.41, 5.74) is 9.39. The lowest BCUT2D eigenvalue weighted by Gasteiger charge is -2.17. The Bertz CT molecular complexity index is 635. The molecule has 1 aliphatic heterocycles. The number of amides is 1. The summed E-state index contributed by atoms with van der Waals surface area (Å²) in [6, 6.07) is 5.86. The molecule has 3 rings (SSSR count). The molecule has 0 spiro atoms. The third-order valence-corrected chi connectivity index (χ3v) is 3.53. The number of carbonyl (C=O) groups excluding carboxylic acids is 1. The lowest BCUT2D eigenvalue weighted by molar-refractivity contribution is -0.116. The fourth-order valence-electron chi connectivity index (χ4n) is 2.09. The summed E-state index contributed by atoms with van der Waals surface area (Å²) in [5, 5.41) is 2.85. The molecule has 0 fully saturated rings. The highest BCUT2D eigenvalue weighted by atomic mass is 79.9. The van der Waals surface area contributed by atoms with Gasteiger partial charge in [-0.05, 0) is 40.0 Å². The quantitative estimate of drug-likeness (QED) is 0.756. The molecule has 92 valence electrons. The molecule has 0 saturated heterocycles. The van der Waals surface area contributed by atoms with E-state index in [1.807, 2.05) is 18.2 Å². The number of halogens is 1. The Hall–Kier alpha value is -1.82. The third kappa shape index (κ3) is 1.88. The van der Waals surface area contributed by atoms with E-state index in [0.717, 1.165) is 33.5 Å². The van der Waals surface area contributed by atoms with Crippen LogP contribution in [0.5, 0.6) is 0 Å². The van der Waals surface area contributed by atoms with Gasteiger partial charge in [-0.25, -0.2) is 4.98 Å². The average Bonchev–Trinajstić information content (AvgIpc) is 2.68. The molecule has 18 heavy (non-hydrogen) atoms. The van der Waals surface area contributed by atoms with Crippen molar-refractivity contribution in [2.75, 3.05) is 11.1 Å². The lowest BCUT2D eigenvalue weighted by Crippen LogP contribution is -2.18. The van der Waals surface area contributed by atoms with Crippen LogP contribution >= 0.6 is 15.9 Å². The molecule has 6 heteroatoms. The van der Waals surface area contributed by atoms with E-state index in [1.54, 1.807) is 0 Å². The zero-order chi connectivity index (χ0) is 12.7. The molecular formula is C12H11BrN4O. The molecule has 1 aromatic carbocycles. The van der Waals surface area contributed by atoms with Gasteiger partial charge < -0.3 is 16.0 Å². The van der Waals surface area contributed by atoms with Crippen LogP contribution in [0.1, 0.15) is 12.0 Å². The van der Waals surface area contributed by atoms with E-state index in [2.05, 4.69) is 31.2 Å². The fraction of sp³-hybridized carbons (Fsp3) is 0.167. The highest BCUT2D eigenvalue weighted by Gasteiger charge is 2.16. The number of rotatable bonds is 1. The van der Waals surface area contributed by atoms with Crippen molar-refractivity contribution in [1.29, 1.82) is 0 Å². The highest BCUT2D eigenvalue weighted by molar-refractivity contribution is 9.10. The van der Waals surface area contributed by atoms with E-state index in [1.165, 1.54) is 0 Å². The Labute approximate surface area is 112 Å². The van der Waals surface area contributed by atoms with Crippen molar-refractivity contribution in [2.45, 2.75) is 12.8 Å². The number of benzene rings is 1. The van der Waals surface area contributed by atoms with E-state index in [9.17, 15) is 4.79 Å². The number of hydrogen-bond donors (Lipinski definition) is 3. The van der Waals surface area contributed by atoms with Gasteiger partial charge in [-0.2, -0.15) is 0 Å². The van der Waals surface area contributed by atoms with Crippen molar-refractivity contribution in [1.82, 2.24) is 9.97 Å². The Morgan fingerprint density at radius 1 is 1.33 bits per heavy atom. The number of nitrogens with two attached hydrogens (primary N) is 1. The van der Waals surface area contributed by atoms with Gasteiger partial charge in [-0.3, -0.25) is 4.79 Å². The summed E-state index contributed by atoms with van der Waals surface area (Å²) < 4.78 is 0.764. The lowest BCUT2D eigenvalue weighted by atomic mass is 9.99. The monoisotopic (exact) mass is 306 g/mol. The number of aromatic amines is 1. The van der Waals surface area contributed by atoms with Crippen LogP contribution in [0.15, 0.2) is 22.8 Å². The molecule has 1 aliphatic rings. The van der Waals surface area contributed by atoms with Crippen molar-refractivity contribution < 1.29 is 4.79 Å². The van der Waals surface area contributed by atoms with E-state index in [4.69, 9.17) is 5.73 Å². The first kappa shape index (κ1) is 11.3. The maximum absolute atomic E-state index is 11.3. The summed E-state index contributed by atoms with van der Waals surface area (Å²) in [7, 11) is 0. The number of nitrogens with one attached hydrogen (secondary N) is 2. The molecule has 0 saturated carbocycles. The van der Waals surface area contributed by atoms with Gasteiger partial charge in [-0.1, -0.05) is 6.07 Å². The SMILES string of the molecule is Nc1nc(-c2ccc3c(c2)CCC(=O)N3)c(Br)[nH]1. The molecule has 0 unspecified atom stereocenters. The van der Waals surface area contributed by atoms with Crippen LogP contribution in [0.2, 0.25) is 0 Å². The summed E-state index contributed by atoms with van der Waals surface area (Å²) in [6.07, 6.45) is 1.28. The molecule has 0 bridgehead atoms. The van der Waals surface area contributed by atoms with Crippen molar-refractivity contribution in [3.63, 3.8) is 0 Å². The standard InChI is InChI=1S/C12H11BrN4O/c13-11-10(16-12(14)17-11)7-1-3-8-6(5-7)2-4-9(18)15-8/h1,3,5H,2,4H2,(H,15,18)(H3,14,16,17). The maximum Gasteiger partial charge on any atom is 0.224 e. The van der Waals surface area contributed by atoms with Crippen LogP contribution in [0.25, 0.3) is 11.3 Å². The van der Waals surface area contributed by atoms with Gasteiger partial charge in [-0.15, -0.1) is 0 Å². The topological polar surface area (TPSA) is 83.8 Å². The van der Waals surface area contributed by atoms with Crippen LogP contribution in [-0.2, 0) is 11.2 Å². The van der Waals surface area contributed by atoms with Crippen molar-refractivity contribution in [2.24, 2.45) is 0 Å². The summed E-state index contributed by atoms with van der Waals surface area (Å²) in [5.74, 6) is 0.448. The van der Waals surface area contributed by atoms with Crippen LogP contribution in [-0.4, -0.2) is 15.9 Å². The smallest absolute Gasteiger partial charge is 0.224 e. The van der Waals surface area contributed by atoms with Crippen molar-refractivity contribution in [3.05, 3.63) is 28.4 Å². The van der Waals surface area contributed by atoms with E-state index in [-0.39, 0.29) is 5.91 Å². The van der Waals surface area contributed by atoms with E-state index >= 15 is 0 Å². The number of nitrogens with zero attached hydrogens (tertiary/aromatic N) is 1. The molecule has 0 atom stereocenters. The first-order valence-corrected chi connectivity index (χ1v) is 6.37. The van der Waals surface area contributed by atoms with Crippen LogP contribution in [0, 0.1) is 0 Å². The van der Waals surface area contributed by atoms with E-state index in [0.29, 0.717) is 12.4 Å². The number of carbonyl (C=O) groups is 1. The molecule has 1 aromatic heterocycles. The molecule has 1 amide bonds. The second-order valence-corrected chi connectivity index (χ2v) is 5.00. The average molecular weight is 307 g/mol. The number of aromatic nitrogens is 2. The second-order valence-electron chi connectivity index (χ2n) is 4.20. The summed E-state index contributed by atoms with van der Waals surface area (Å²) >= 11 is 3.39. The predicted molar refractivity (Wildman–Crippen MR) is 73.1 cm³/mol. The minimum atomic E-state index is 0.0699. The van der Waals surface area contributed by atoms with Crippen LogP contribution < -0.4 is 11.1 Å². The molecule has 2 aromatic rings. The Morgan fingerprint density at radius 3 is 2.89 bits per heavy atom. The normalized spacial score (nSPS) is 14.2. The number of imidazole rings is 1. The molecule has 5 nitrogen and oxygen atoms in total. The Morgan fingerprint density at radius 2 is 2.17 bits per heavy atom. The van der Waals surface area contributed by atoms with Gasteiger partial charge in [0, 0.05) is 17.7 Å². The largest absolute Gasteiger partial charge is 0.369 e. The predicted octanol–water partition coefficient (Wildman–Crippen LogP) is 2.31. The van der Waals surface area contributed by atoms with Gasteiger partial charge in [0.05, 0.1) is 0 Å². The highest BCUT2D eigenvalue weighted by Crippen LogP contribution is 2.31. The number of aryl methyl sites for hydroxylation is 1. The minimum Gasteiger partial charge on any atom is -0.369 e. The van der Waals surface area contributed by atoms with Crippen molar-refractivity contribution >= 4 is 33.5 Å². The first-order valence-electron chi connectivity index (χ1n) is 5.57. The minimum absolute atomic E-state index is 0.0699. The van der Waals surface area contributed by atoms with Crippen LogP contribution in [0.3, 0.4) is 0 Å². The van der Waals surface area contributed by atoms with Gasteiger partial charge in [0.15, 0.2) is 5.95 Å². The number of fused-ring (bicyclic) bond motifs is 1. The Kier molecular flexibility index (Phi) is 2.59. The van der Waals surface area contributed by atoms with Gasteiger partial charge in [0.2, 0.25) is 5.91 Å². The van der Waals surface area contributed by atoms with Crippen molar-refractivity contribution in [3.8, 4) is 11.3 Å². The maximum atomic E-state index is 11.3. The van der Waals surface area contributed by atoms with Gasteiger partial charge in [0.1, 0.15) is 10.3 Å². The summed E-state index contributed by atoms with van der Waals surface area (Å²) in [6.45, 7) is 0.